The molecule has 0 heterocycles. The molecule has 0 aliphatic carbocycles. The topological polar surface area (TPSA) is 86.2 Å². The van der Waals surface area contributed by atoms with Crippen LogP contribution < -0.4 is 11.5 Å². The first-order valence-electron chi connectivity index (χ1n) is 3.99. The zero-order valence-corrected chi connectivity index (χ0v) is 7.96. The average Bonchev–Trinajstić information content (AvgIpc) is 1.87. The van der Waals surface area contributed by atoms with E-state index in [4.69, 9.17) is 11.5 Å². The van der Waals surface area contributed by atoms with Crippen molar-refractivity contribution in [3.05, 3.63) is 0 Å². The maximum atomic E-state index is 9.92. The minimum Gasteiger partial charge on any atom is -0.370 e. The summed E-state index contributed by atoms with van der Waals surface area (Å²) in [5.41, 5.74) is 9.56. The molecule has 0 unspecified atom stereocenters. The van der Waals surface area contributed by atoms with Crippen molar-refractivity contribution in [2.45, 2.75) is 33.6 Å². The molecule has 0 radical (unpaired) electrons. The first-order valence-corrected chi connectivity index (χ1v) is 3.99. The predicted molar refractivity (Wildman–Crippen MR) is 48.1 cm³/mol. The Balaban J connectivity index is 0. The predicted octanol–water partition coefficient (Wildman–Crippen LogP) is 0.399. The van der Waals surface area contributed by atoms with Crippen LogP contribution in [-0.2, 0) is 9.59 Å². The monoisotopic (exact) mass is 174 g/mol. The minimum atomic E-state index is -0.241. The first kappa shape index (κ1) is 13.5. The highest BCUT2D eigenvalue weighted by Gasteiger charge is 1.96. The molecule has 0 bridgehead atoms. The van der Waals surface area contributed by atoms with Crippen LogP contribution in [0.4, 0.5) is 0 Å². The molecular weight excluding hydrogens is 156 g/mol. The number of rotatable bonds is 3. The summed E-state index contributed by atoms with van der Waals surface area (Å²) in [7, 11) is 0. The van der Waals surface area contributed by atoms with Crippen LogP contribution in [0.1, 0.15) is 33.6 Å². The van der Waals surface area contributed by atoms with Gasteiger partial charge in [-0.25, -0.2) is 0 Å². The van der Waals surface area contributed by atoms with Crippen molar-refractivity contribution < 1.29 is 9.59 Å². The molecular formula is C8H18N2O2. The van der Waals surface area contributed by atoms with Gasteiger partial charge in [0, 0.05) is 12.3 Å². The molecule has 0 atom stereocenters. The lowest BCUT2D eigenvalue weighted by Crippen LogP contribution is -2.17. The second-order valence-electron chi connectivity index (χ2n) is 2.77. The van der Waals surface area contributed by atoms with Crippen molar-refractivity contribution in [3.8, 4) is 0 Å². The van der Waals surface area contributed by atoms with Gasteiger partial charge in [0.25, 0.3) is 0 Å². The molecule has 0 aliphatic heterocycles. The number of nitrogens with two attached hydrogens (primary N) is 2. The van der Waals surface area contributed by atoms with E-state index in [0.29, 0.717) is 6.42 Å². The third kappa shape index (κ3) is 16.0. The number of amides is 2. The Morgan fingerprint density at radius 2 is 1.58 bits per heavy atom. The molecule has 0 spiro atoms. The second-order valence-corrected chi connectivity index (χ2v) is 2.77. The normalized spacial score (nSPS) is 8.67. The summed E-state index contributed by atoms with van der Waals surface area (Å²) in [6.45, 7) is 5.45. The van der Waals surface area contributed by atoms with Gasteiger partial charge in [0.05, 0.1) is 0 Å². The molecule has 0 aromatic rings. The van der Waals surface area contributed by atoms with Gasteiger partial charge < -0.3 is 11.5 Å². The zero-order valence-electron chi connectivity index (χ0n) is 7.96. The zero-order chi connectivity index (χ0) is 10.1. The molecule has 0 saturated carbocycles. The molecule has 0 aromatic carbocycles. The molecule has 0 fully saturated rings. The van der Waals surface area contributed by atoms with Crippen molar-refractivity contribution in [2.75, 3.05) is 0 Å². The van der Waals surface area contributed by atoms with E-state index in [1.807, 2.05) is 6.92 Å². The Morgan fingerprint density at radius 1 is 1.25 bits per heavy atom. The Hall–Kier alpha value is -1.06. The van der Waals surface area contributed by atoms with Gasteiger partial charge in [0.2, 0.25) is 11.8 Å². The summed E-state index contributed by atoms with van der Waals surface area (Å²) in [5, 5.41) is 0. The summed E-state index contributed by atoms with van der Waals surface area (Å²) < 4.78 is 0. The van der Waals surface area contributed by atoms with Crippen molar-refractivity contribution in [3.63, 3.8) is 0 Å². The summed E-state index contributed by atoms with van der Waals surface area (Å²) in [6, 6.07) is 0. The lowest BCUT2D eigenvalue weighted by Gasteiger charge is -1.90. The van der Waals surface area contributed by atoms with Crippen LogP contribution in [0.3, 0.4) is 0 Å². The van der Waals surface area contributed by atoms with E-state index in [1.54, 1.807) is 13.8 Å². The van der Waals surface area contributed by atoms with Crippen molar-refractivity contribution in [1.82, 2.24) is 0 Å². The number of primary amides is 2. The molecule has 0 aromatic heterocycles. The van der Waals surface area contributed by atoms with E-state index in [1.165, 1.54) is 0 Å². The maximum Gasteiger partial charge on any atom is 0.219 e. The van der Waals surface area contributed by atoms with Gasteiger partial charge in [-0.05, 0) is 6.42 Å². The van der Waals surface area contributed by atoms with Crippen molar-refractivity contribution >= 4 is 11.8 Å². The molecule has 4 N–H and O–H groups in total. The Morgan fingerprint density at radius 3 is 1.58 bits per heavy atom. The molecule has 0 saturated heterocycles. The van der Waals surface area contributed by atoms with Crippen molar-refractivity contribution in [2.24, 2.45) is 17.4 Å². The fourth-order valence-electron chi connectivity index (χ4n) is 0.246. The second kappa shape index (κ2) is 8.04. The SMILES string of the molecule is CC(C)C(N)=O.CCCC(N)=O. The fourth-order valence-corrected chi connectivity index (χ4v) is 0.246. The van der Waals surface area contributed by atoms with Crippen molar-refractivity contribution in [1.29, 1.82) is 0 Å². The first-order chi connectivity index (χ1) is 5.41. The molecule has 0 aliphatic rings. The number of hydrogen-bond acceptors (Lipinski definition) is 2. The average molecular weight is 174 g/mol. The van der Waals surface area contributed by atoms with Crippen LogP contribution in [0.25, 0.3) is 0 Å². The molecule has 4 heteroatoms. The summed E-state index contributed by atoms with van der Waals surface area (Å²) >= 11 is 0. The third-order valence-electron chi connectivity index (χ3n) is 1.07. The summed E-state index contributed by atoms with van der Waals surface area (Å²) in [6.07, 6.45) is 1.37. The maximum absolute atomic E-state index is 9.92. The highest BCUT2D eigenvalue weighted by molar-refractivity contribution is 5.75. The van der Waals surface area contributed by atoms with Crippen LogP contribution in [0.15, 0.2) is 0 Å². The van der Waals surface area contributed by atoms with Crippen LogP contribution >= 0.6 is 0 Å². The number of carbonyl (C=O) groups excluding carboxylic acids is 2. The van der Waals surface area contributed by atoms with Gasteiger partial charge in [0.1, 0.15) is 0 Å². The van der Waals surface area contributed by atoms with Gasteiger partial charge in [-0.15, -0.1) is 0 Å². The van der Waals surface area contributed by atoms with E-state index >= 15 is 0 Å². The van der Waals surface area contributed by atoms with E-state index < -0.39 is 0 Å². The Kier molecular flexibility index (Phi) is 9.06. The molecule has 4 nitrogen and oxygen atoms in total. The quantitative estimate of drug-likeness (QED) is 0.648. The van der Waals surface area contributed by atoms with Crippen LogP contribution in [0.5, 0.6) is 0 Å². The van der Waals surface area contributed by atoms with Gasteiger partial charge in [-0.1, -0.05) is 20.8 Å². The van der Waals surface area contributed by atoms with Crippen LogP contribution in [0.2, 0.25) is 0 Å². The Labute approximate surface area is 73.3 Å². The lowest BCUT2D eigenvalue weighted by atomic mass is 10.2. The van der Waals surface area contributed by atoms with E-state index in [9.17, 15) is 9.59 Å². The smallest absolute Gasteiger partial charge is 0.219 e. The molecule has 12 heavy (non-hydrogen) atoms. The van der Waals surface area contributed by atoms with E-state index in [2.05, 4.69) is 0 Å². The molecule has 72 valence electrons. The van der Waals surface area contributed by atoms with Crippen LogP contribution in [0, 0.1) is 5.92 Å². The highest BCUT2D eigenvalue weighted by atomic mass is 16.1. The van der Waals surface area contributed by atoms with Gasteiger partial charge in [-0.3, -0.25) is 9.59 Å². The minimum absolute atomic E-state index is 0.00926. The van der Waals surface area contributed by atoms with E-state index in [0.717, 1.165) is 6.42 Å². The largest absolute Gasteiger partial charge is 0.370 e. The van der Waals surface area contributed by atoms with Gasteiger partial charge in [0.15, 0.2) is 0 Å². The van der Waals surface area contributed by atoms with E-state index in [-0.39, 0.29) is 17.7 Å². The molecule has 0 rings (SSSR count). The summed E-state index contributed by atoms with van der Waals surface area (Å²) in [4.78, 5) is 19.7. The number of hydrogen-bond donors (Lipinski definition) is 2. The van der Waals surface area contributed by atoms with Gasteiger partial charge >= 0.3 is 0 Å². The highest BCUT2D eigenvalue weighted by Crippen LogP contribution is 1.84. The fraction of sp³-hybridized carbons (Fsp3) is 0.750. The van der Waals surface area contributed by atoms with Gasteiger partial charge in [-0.2, -0.15) is 0 Å². The van der Waals surface area contributed by atoms with Crippen LogP contribution in [-0.4, -0.2) is 11.8 Å². The Bertz CT molecular complexity index is 144. The lowest BCUT2D eigenvalue weighted by molar-refractivity contribution is -0.121. The summed E-state index contributed by atoms with van der Waals surface area (Å²) in [5.74, 6) is -0.461. The number of carbonyl (C=O) groups is 2. The third-order valence-corrected chi connectivity index (χ3v) is 1.07. The molecule has 2 amide bonds. The standard InChI is InChI=1S/2C4H9NO/c1-3(2)4(5)6;1-2-3-4(5)6/h3H,1-2H3,(H2,5,6);2-3H2,1H3,(H2,5,6).